The first kappa shape index (κ1) is 19.3. The zero-order chi connectivity index (χ0) is 19.1. The van der Waals surface area contributed by atoms with Crippen LogP contribution >= 0.6 is 11.6 Å². The second kappa shape index (κ2) is 9.44. The number of nitrogens with zero attached hydrogens (tertiary/aromatic N) is 1. The normalized spacial score (nSPS) is 11.1. The number of halogens is 1. The number of para-hydroxylation sites is 2. The summed E-state index contributed by atoms with van der Waals surface area (Å²) >= 11 is 6.05. The molecule has 0 atom stereocenters. The lowest BCUT2D eigenvalue weighted by atomic mass is 10.1. The number of hydrogen-bond acceptors (Lipinski definition) is 3. The average molecular weight is 386 g/mol. The molecule has 5 nitrogen and oxygen atoms in total. The van der Waals surface area contributed by atoms with E-state index in [0.29, 0.717) is 37.0 Å². The van der Waals surface area contributed by atoms with Crippen LogP contribution in [0.25, 0.3) is 10.9 Å². The highest BCUT2D eigenvalue weighted by atomic mass is 35.5. The van der Waals surface area contributed by atoms with Gasteiger partial charge in [-0.3, -0.25) is 9.69 Å². The first-order valence-corrected chi connectivity index (χ1v) is 9.39. The van der Waals surface area contributed by atoms with Crippen molar-refractivity contribution in [3.63, 3.8) is 0 Å². The van der Waals surface area contributed by atoms with Crippen LogP contribution in [0.2, 0.25) is 5.02 Å². The van der Waals surface area contributed by atoms with Crippen LogP contribution < -0.4 is 10.1 Å². The van der Waals surface area contributed by atoms with E-state index >= 15 is 0 Å². The maximum atomic E-state index is 12.1. The summed E-state index contributed by atoms with van der Waals surface area (Å²) < 4.78 is 5.65. The van der Waals surface area contributed by atoms with E-state index in [-0.39, 0.29) is 5.91 Å². The molecule has 1 aromatic heterocycles. The third-order valence-electron chi connectivity index (χ3n) is 4.37. The van der Waals surface area contributed by atoms with Crippen LogP contribution in [0.1, 0.15) is 5.56 Å². The van der Waals surface area contributed by atoms with Crippen molar-refractivity contribution in [3.05, 3.63) is 65.3 Å². The second-order valence-corrected chi connectivity index (χ2v) is 6.88. The van der Waals surface area contributed by atoms with Gasteiger partial charge in [-0.1, -0.05) is 41.9 Å². The molecule has 0 aliphatic rings. The van der Waals surface area contributed by atoms with Crippen molar-refractivity contribution in [2.24, 2.45) is 0 Å². The third-order valence-corrected chi connectivity index (χ3v) is 4.68. The van der Waals surface area contributed by atoms with E-state index in [2.05, 4.69) is 22.4 Å². The maximum absolute atomic E-state index is 12.1. The first-order chi connectivity index (χ1) is 13.1. The molecular weight excluding hydrogens is 362 g/mol. The molecular formula is C21H24ClN3O2. The number of aromatic amines is 1. The van der Waals surface area contributed by atoms with E-state index in [1.54, 1.807) is 6.07 Å². The highest BCUT2D eigenvalue weighted by Crippen LogP contribution is 2.22. The molecule has 0 saturated heterocycles. The second-order valence-electron chi connectivity index (χ2n) is 6.48. The first-order valence-electron chi connectivity index (χ1n) is 9.01. The number of hydrogen-bond donors (Lipinski definition) is 2. The monoisotopic (exact) mass is 385 g/mol. The summed E-state index contributed by atoms with van der Waals surface area (Å²) in [7, 11) is 1.90. The molecule has 0 fully saturated rings. The summed E-state index contributed by atoms with van der Waals surface area (Å²) in [6.45, 7) is 2.06. The zero-order valence-corrected chi connectivity index (χ0v) is 16.1. The Kier molecular flexibility index (Phi) is 6.74. The van der Waals surface area contributed by atoms with Crippen molar-refractivity contribution in [2.75, 3.05) is 33.3 Å². The van der Waals surface area contributed by atoms with Crippen LogP contribution in [-0.4, -0.2) is 49.1 Å². The van der Waals surface area contributed by atoms with Crippen LogP contribution in [0.5, 0.6) is 5.75 Å². The van der Waals surface area contributed by atoms with Crippen LogP contribution in [-0.2, 0) is 11.2 Å². The fraction of sp³-hybridized carbons (Fsp3) is 0.286. The van der Waals surface area contributed by atoms with Crippen LogP contribution in [0.3, 0.4) is 0 Å². The molecule has 3 rings (SSSR count). The number of carbonyl (C=O) groups excluding carboxylic acids is 1. The Hall–Kier alpha value is -2.50. The quantitative estimate of drug-likeness (QED) is 0.592. The van der Waals surface area contributed by atoms with Crippen LogP contribution in [0.4, 0.5) is 0 Å². The molecule has 142 valence electrons. The molecule has 2 N–H and O–H groups in total. The smallest absolute Gasteiger partial charge is 0.234 e. The molecule has 3 aromatic rings. The highest BCUT2D eigenvalue weighted by Gasteiger charge is 2.08. The number of ether oxygens (including phenoxy) is 1. The molecule has 0 unspecified atom stereocenters. The Morgan fingerprint density at radius 3 is 2.81 bits per heavy atom. The summed E-state index contributed by atoms with van der Waals surface area (Å²) in [4.78, 5) is 17.3. The van der Waals surface area contributed by atoms with E-state index in [4.69, 9.17) is 16.3 Å². The lowest BCUT2D eigenvalue weighted by Gasteiger charge is -2.17. The van der Waals surface area contributed by atoms with Crippen molar-refractivity contribution in [3.8, 4) is 5.75 Å². The summed E-state index contributed by atoms with van der Waals surface area (Å²) in [6.07, 6.45) is 2.81. The predicted octanol–water partition coefficient (Wildman–Crippen LogP) is 3.49. The van der Waals surface area contributed by atoms with Crippen molar-refractivity contribution in [2.45, 2.75) is 6.42 Å². The van der Waals surface area contributed by atoms with Gasteiger partial charge in [-0.2, -0.15) is 0 Å². The number of fused-ring (bicyclic) bond motifs is 1. The molecule has 1 amide bonds. The maximum Gasteiger partial charge on any atom is 0.234 e. The Labute approximate surface area is 164 Å². The molecule has 27 heavy (non-hydrogen) atoms. The Balaban J connectivity index is 1.35. The van der Waals surface area contributed by atoms with E-state index in [1.165, 1.54) is 10.9 Å². The largest absolute Gasteiger partial charge is 0.491 e. The molecule has 0 radical (unpaired) electrons. The fourth-order valence-corrected chi connectivity index (χ4v) is 3.12. The van der Waals surface area contributed by atoms with Gasteiger partial charge in [0.15, 0.2) is 0 Å². The number of amides is 1. The number of carbonyl (C=O) groups is 1. The Morgan fingerprint density at radius 1 is 1.19 bits per heavy atom. The number of benzene rings is 2. The van der Waals surface area contributed by atoms with E-state index in [9.17, 15) is 4.79 Å². The average Bonchev–Trinajstić information content (AvgIpc) is 3.06. The zero-order valence-electron chi connectivity index (χ0n) is 15.4. The van der Waals surface area contributed by atoms with Crippen molar-refractivity contribution in [1.29, 1.82) is 0 Å². The minimum absolute atomic E-state index is 0.00934. The lowest BCUT2D eigenvalue weighted by molar-refractivity contribution is -0.121. The molecule has 0 bridgehead atoms. The van der Waals surface area contributed by atoms with Gasteiger partial charge in [-0.05, 0) is 37.2 Å². The lowest BCUT2D eigenvalue weighted by Crippen LogP contribution is -2.37. The minimum Gasteiger partial charge on any atom is -0.491 e. The van der Waals surface area contributed by atoms with Gasteiger partial charge in [0, 0.05) is 30.2 Å². The number of H-pyrrole nitrogens is 1. The number of likely N-dealkylation sites (N-methyl/N-ethyl adjacent to an activating group) is 1. The standard InChI is InChI=1S/C21H24ClN3O2/c1-25(12-13-27-20-9-5-3-7-18(20)22)15-21(26)23-11-10-16-14-24-19-8-4-2-6-17(16)19/h2-9,14,24H,10-13,15H2,1H3,(H,23,26). The molecule has 1 heterocycles. The third kappa shape index (κ3) is 5.49. The van der Waals surface area contributed by atoms with Gasteiger partial charge in [-0.15, -0.1) is 0 Å². The fourth-order valence-electron chi connectivity index (χ4n) is 2.93. The molecule has 0 aliphatic heterocycles. The van der Waals surface area contributed by atoms with Crippen LogP contribution in [0.15, 0.2) is 54.7 Å². The minimum atomic E-state index is 0.00934. The highest BCUT2D eigenvalue weighted by molar-refractivity contribution is 6.32. The molecule has 0 saturated carbocycles. The Bertz CT molecular complexity index is 894. The molecule has 6 heteroatoms. The summed E-state index contributed by atoms with van der Waals surface area (Å²) in [5, 5.41) is 4.78. The van der Waals surface area contributed by atoms with Gasteiger partial charge in [0.05, 0.1) is 11.6 Å². The topological polar surface area (TPSA) is 57.4 Å². The number of nitrogens with one attached hydrogen (secondary N) is 2. The Morgan fingerprint density at radius 2 is 1.96 bits per heavy atom. The van der Waals surface area contributed by atoms with Crippen molar-refractivity contribution in [1.82, 2.24) is 15.2 Å². The van der Waals surface area contributed by atoms with Crippen molar-refractivity contribution < 1.29 is 9.53 Å². The number of aromatic nitrogens is 1. The number of rotatable bonds is 9. The van der Waals surface area contributed by atoms with Crippen LogP contribution in [0, 0.1) is 0 Å². The molecule has 2 aromatic carbocycles. The van der Waals surface area contributed by atoms with Gasteiger partial charge in [-0.25, -0.2) is 0 Å². The van der Waals surface area contributed by atoms with Gasteiger partial charge in [0.1, 0.15) is 12.4 Å². The SMILES string of the molecule is CN(CCOc1ccccc1Cl)CC(=O)NCCc1c[nH]c2ccccc12. The van der Waals surface area contributed by atoms with E-state index < -0.39 is 0 Å². The summed E-state index contributed by atoms with van der Waals surface area (Å²) in [6, 6.07) is 15.6. The van der Waals surface area contributed by atoms with Gasteiger partial charge in [0.2, 0.25) is 5.91 Å². The van der Waals surface area contributed by atoms with Gasteiger partial charge in [0.25, 0.3) is 0 Å². The van der Waals surface area contributed by atoms with E-state index in [1.807, 2.05) is 48.5 Å². The van der Waals surface area contributed by atoms with Crippen molar-refractivity contribution >= 4 is 28.4 Å². The van der Waals surface area contributed by atoms with E-state index in [0.717, 1.165) is 11.9 Å². The van der Waals surface area contributed by atoms with Gasteiger partial charge < -0.3 is 15.0 Å². The predicted molar refractivity (Wildman–Crippen MR) is 109 cm³/mol. The molecule has 0 aliphatic carbocycles. The van der Waals surface area contributed by atoms with Gasteiger partial charge >= 0.3 is 0 Å². The summed E-state index contributed by atoms with van der Waals surface area (Å²) in [5.74, 6) is 0.672. The molecule has 0 spiro atoms. The summed E-state index contributed by atoms with van der Waals surface area (Å²) in [5.41, 5.74) is 2.34.